The van der Waals surface area contributed by atoms with Crippen LogP contribution in [0.2, 0.25) is 0 Å². The number of rotatable bonds is 5. The molecule has 2 fully saturated rings. The molecule has 0 spiro atoms. The van der Waals surface area contributed by atoms with Crippen LogP contribution in [0.5, 0.6) is 0 Å². The van der Waals surface area contributed by atoms with Gasteiger partial charge in [-0.15, -0.1) is 0 Å². The number of halogens is 3. The van der Waals surface area contributed by atoms with E-state index in [0.29, 0.717) is 69.7 Å². The lowest BCUT2D eigenvalue weighted by atomic mass is 10.1. The highest BCUT2D eigenvalue weighted by Gasteiger charge is 2.36. The fraction of sp³-hybridized carbons (Fsp3) is 0.385. The number of piperazine rings is 1. The second-order valence-electron chi connectivity index (χ2n) is 8.99. The number of carbonyl (C=O) groups is 1. The Morgan fingerprint density at radius 1 is 0.892 bits per heavy atom. The quantitative estimate of drug-likeness (QED) is 0.477. The molecule has 0 aliphatic carbocycles. The maximum Gasteiger partial charge on any atom is 0.419 e. The topological polar surface area (TPSA) is 74.7 Å². The number of ether oxygens (including phenoxy) is 1. The van der Waals surface area contributed by atoms with Crippen LogP contribution in [0.25, 0.3) is 11.3 Å². The predicted molar refractivity (Wildman–Crippen MR) is 134 cm³/mol. The molecule has 194 valence electrons. The van der Waals surface area contributed by atoms with Crippen molar-refractivity contribution in [3.8, 4) is 11.3 Å². The molecule has 2 saturated heterocycles. The first-order valence-electron chi connectivity index (χ1n) is 12.1. The molecule has 4 heterocycles. The van der Waals surface area contributed by atoms with Gasteiger partial charge in [0.05, 0.1) is 24.5 Å². The molecule has 5 rings (SSSR count). The highest BCUT2D eigenvalue weighted by atomic mass is 19.4. The van der Waals surface area contributed by atoms with Crippen molar-refractivity contribution in [2.24, 2.45) is 0 Å². The number of anilines is 3. The summed E-state index contributed by atoms with van der Waals surface area (Å²) in [5.74, 6) is 1.17. The van der Waals surface area contributed by atoms with Crippen molar-refractivity contribution < 1.29 is 22.7 Å². The van der Waals surface area contributed by atoms with Crippen LogP contribution in [0.1, 0.15) is 22.8 Å². The molecule has 11 heteroatoms. The second kappa shape index (κ2) is 10.3. The maximum atomic E-state index is 13.5. The Morgan fingerprint density at radius 2 is 1.62 bits per heavy atom. The third-order valence-electron chi connectivity index (χ3n) is 6.55. The number of hydrogen-bond donors (Lipinski definition) is 0. The van der Waals surface area contributed by atoms with E-state index in [-0.39, 0.29) is 11.6 Å². The lowest BCUT2D eigenvalue weighted by molar-refractivity contribution is -0.137. The molecule has 3 aromatic rings. The highest BCUT2D eigenvalue weighted by molar-refractivity contribution is 5.95. The summed E-state index contributed by atoms with van der Waals surface area (Å²) in [6.45, 7) is 5.67. The predicted octanol–water partition coefficient (Wildman–Crippen LogP) is 3.92. The monoisotopic (exact) mass is 512 g/mol. The van der Waals surface area contributed by atoms with E-state index in [0.717, 1.165) is 17.4 Å². The van der Waals surface area contributed by atoms with E-state index >= 15 is 0 Å². The number of benzene rings is 1. The van der Waals surface area contributed by atoms with Crippen molar-refractivity contribution in [2.75, 3.05) is 67.2 Å². The van der Waals surface area contributed by atoms with Crippen molar-refractivity contribution >= 4 is 23.4 Å². The number of hydrogen-bond acceptors (Lipinski definition) is 8. The minimum Gasteiger partial charge on any atom is -0.378 e. The summed E-state index contributed by atoms with van der Waals surface area (Å²) in [5.41, 5.74) is 1.34. The van der Waals surface area contributed by atoms with Crippen LogP contribution < -0.4 is 14.7 Å². The van der Waals surface area contributed by atoms with Crippen LogP contribution in [0, 0.1) is 0 Å². The zero-order valence-electron chi connectivity index (χ0n) is 20.4. The number of morpholine rings is 1. The molecule has 0 N–H and O–H groups in total. The van der Waals surface area contributed by atoms with Gasteiger partial charge in [0.2, 0.25) is 5.95 Å². The third kappa shape index (κ3) is 5.51. The molecule has 8 nitrogen and oxygen atoms in total. The van der Waals surface area contributed by atoms with Gasteiger partial charge in [-0.2, -0.15) is 18.2 Å². The summed E-state index contributed by atoms with van der Waals surface area (Å²) >= 11 is 0. The van der Waals surface area contributed by atoms with Crippen molar-refractivity contribution in [1.29, 1.82) is 0 Å². The first-order chi connectivity index (χ1) is 17.8. The summed E-state index contributed by atoms with van der Waals surface area (Å²) in [5, 5.41) is 0. The molecular formula is C26H27F3N6O2. The van der Waals surface area contributed by atoms with E-state index in [2.05, 4.69) is 9.88 Å². The Balaban J connectivity index is 1.43. The van der Waals surface area contributed by atoms with Gasteiger partial charge in [-0.05, 0) is 25.1 Å². The van der Waals surface area contributed by atoms with Gasteiger partial charge >= 0.3 is 6.18 Å². The van der Waals surface area contributed by atoms with E-state index in [9.17, 15) is 18.0 Å². The average molecular weight is 513 g/mol. The minimum atomic E-state index is -4.47. The number of Topliss-reactive ketones (excluding diaryl/α,β-unsaturated/α-hetero) is 1. The summed E-state index contributed by atoms with van der Waals surface area (Å²) in [7, 11) is 0. The van der Waals surface area contributed by atoms with E-state index in [1.165, 1.54) is 19.2 Å². The molecule has 0 saturated carbocycles. The molecule has 0 bridgehead atoms. The molecule has 1 aromatic carbocycles. The number of carbonyl (C=O) groups excluding carboxylic acids is 1. The normalized spacial score (nSPS) is 16.7. The summed E-state index contributed by atoms with van der Waals surface area (Å²) in [6, 6.07) is 11.6. The molecular weight excluding hydrogens is 485 g/mol. The Kier molecular flexibility index (Phi) is 6.96. The van der Waals surface area contributed by atoms with Gasteiger partial charge in [0, 0.05) is 62.7 Å². The van der Waals surface area contributed by atoms with Gasteiger partial charge in [0.1, 0.15) is 11.6 Å². The number of pyridine rings is 1. The Labute approximate surface area is 212 Å². The van der Waals surface area contributed by atoms with Crippen LogP contribution >= 0.6 is 0 Å². The van der Waals surface area contributed by atoms with Gasteiger partial charge in [0.15, 0.2) is 5.78 Å². The molecule has 0 unspecified atom stereocenters. The van der Waals surface area contributed by atoms with Gasteiger partial charge in [-0.3, -0.25) is 4.79 Å². The van der Waals surface area contributed by atoms with Gasteiger partial charge in [-0.25, -0.2) is 9.97 Å². The Morgan fingerprint density at radius 3 is 2.32 bits per heavy atom. The molecule has 37 heavy (non-hydrogen) atoms. The zero-order chi connectivity index (χ0) is 26.0. The Bertz CT molecular complexity index is 1270. The Hall–Kier alpha value is -3.73. The van der Waals surface area contributed by atoms with Crippen LogP contribution in [-0.4, -0.2) is 73.2 Å². The molecule has 2 aliphatic rings. The van der Waals surface area contributed by atoms with Crippen LogP contribution in [-0.2, 0) is 10.9 Å². The standard InChI is InChI=1S/C26H27F3N6O2/c1-18(36)19-4-2-5-20(16-19)22-17-23(33-12-14-37-15-13-33)32-25(31-22)35-10-8-34(9-11-35)24-21(26(27,28)29)6-3-7-30-24/h2-7,16-17H,8-15H2,1H3. The zero-order valence-corrected chi connectivity index (χ0v) is 20.4. The summed E-state index contributed by atoms with van der Waals surface area (Å²) in [4.78, 5) is 31.4. The smallest absolute Gasteiger partial charge is 0.378 e. The molecule has 2 aliphatic heterocycles. The fourth-order valence-corrected chi connectivity index (χ4v) is 4.55. The summed E-state index contributed by atoms with van der Waals surface area (Å²) < 4.78 is 46.0. The van der Waals surface area contributed by atoms with Crippen molar-refractivity contribution in [3.63, 3.8) is 0 Å². The van der Waals surface area contributed by atoms with Crippen molar-refractivity contribution in [3.05, 3.63) is 59.8 Å². The van der Waals surface area contributed by atoms with E-state index in [4.69, 9.17) is 14.7 Å². The number of alkyl halides is 3. The average Bonchev–Trinajstić information content (AvgIpc) is 2.93. The molecule has 2 aromatic heterocycles. The first-order valence-corrected chi connectivity index (χ1v) is 12.1. The van der Waals surface area contributed by atoms with E-state index in [1.807, 2.05) is 29.2 Å². The van der Waals surface area contributed by atoms with Crippen LogP contribution in [0.3, 0.4) is 0 Å². The van der Waals surface area contributed by atoms with Crippen molar-refractivity contribution in [1.82, 2.24) is 15.0 Å². The second-order valence-corrected chi connectivity index (χ2v) is 8.99. The van der Waals surface area contributed by atoms with Crippen LogP contribution in [0.15, 0.2) is 48.7 Å². The van der Waals surface area contributed by atoms with Gasteiger partial charge in [0.25, 0.3) is 0 Å². The third-order valence-corrected chi connectivity index (χ3v) is 6.55. The largest absolute Gasteiger partial charge is 0.419 e. The minimum absolute atomic E-state index is 0.0339. The molecule has 0 amide bonds. The molecule has 0 atom stereocenters. The van der Waals surface area contributed by atoms with Gasteiger partial charge < -0.3 is 19.4 Å². The van der Waals surface area contributed by atoms with E-state index < -0.39 is 11.7 Å². The van der Waals surface area contributed by atoms with Crippen molar-refractivity contribution in [2.45, 2.75) is 13.1 Å². The number of ketones is 1. The maximum absolute atomic E-state index is 13.5. The summed E-state index contributed by atoms with van der Waals surface area (Å²) in [6.07, 6.45) is -3.09. The lowest BCUT2D eigenvalue weighted by Crippen LogP contribution is -2.48. The fourth-order valence-electron chi connectivity index (χ4n) is 4.55. The number of nitrogens with zero attached hydrogens (tertiary/aromatic N) is 6. The van der Waals surface area contributed by atoms with Gasteiger partial charge in [-0.1, -0.05) is 18.2 Å². The van der Waals surface area contributed by atoms with Crippen LogP contribution in [0.4, 0.5) is 30.8 Å². The first kappa shape index (κ1) is 24.9. The van der Waals surface area contributed by atoms with E-state index in [1.54, 1.807) is 11.0 Å². The lowest BCUT2D eigenvalue weighted by Gasteiger charge is -2.37. The highest BCUT2D eigenvalue weighted by Crippen LogP contribution is 2.35. The molecule has 0 radical (unpaired) electrons. The SMILES string of the molecule is CC(=O)c1cccc(-c2cc(N3CCOCC3)nc(N3CCN(c4ncccc4C(F)(F)F)CC3)n2)c1. The number of aromatic nitrogens is 3.